The van der Waals surface area contributed by atoms with Crippen molar-refractivity contribution in [1.29, 1.82) is 0 Å². The quantitative estimate of drug-likeness (QED) is 0.318. The van der Waals surface area contributed by atoms with Crippen LogP contribution in [0.1, 0.15) is 39.0 Å². The van der Waals surface area contributed by atoms with Crippen LogP contribution in [0.5, 0.6) is 28.7 Å². The van der Waals surface area contributed by atoms with Crippen LogP contribution in [0.2, 0.25) is 0 Å². The van der Waals surface area contributed by atoms with Crippen molar-refractivity contribution in [3.8, 4) is 40.1 Å². The first-order chi connectivity index (χ1) is 17.9. The van der Waals surface area contributed by atoms with Crippen molar-refractivity contribution in [1.82, 2.24) is 4.90 Å². The van der Waals surface area contributed by atoms with Crippen LogP contribution in [0, 0.1) is 0 Å². The van der Waals surface area contributed by atoms with Crippen molar-refractivity contribution < 1.29 is 33.3 Å². The molecule has 0 aliphatic heterocycles. The Balaban J connectivity index is 1.88. The van der Waals surface area contributed by atoms with Gasteiger partial charge in [-0.3, -0.25) is 9.59 Å². The number of methoxy groups -OCH3 is 3. The summed E-state index contributed by atoms with van der Waals surface area (Å²) in [4.78, 5) is 27.3. The summed E-state index contributed by atoms with van der Waals surface area (Å²) in [5, 5.41) is 10.8. The van der Waals surface area contributed by atoms with Crippen molar-refractivity contribution in [2.45, 2.75) is 39.0 Å². The molecule has 0 radical (unpaired) electrons. The Labute approximate surface area is 216 Å². The molecule has 0 atom stereocenters. The first-order valence-electron chi connectivity index (χ1n) is 12.3. The Kier molecular flexibility index (Phi) is 9.65. The molecule has 0 spiro atoms. The SMILES string of the molecule is CCCCN(C)C(=O)CCCCOc1cc(OC)c(OC)c2oc(-c3ccc(OC)cc3)c(O)c(=O)c12. The van der Waals surface area contributed by atoms with E-state index in [1.807, 2.05) is 7.05 Å². The number of ether oxygens (including phenoxy) is 4. The van der Waals surface area contributed by atoms with Crippen LogP contribution in [0.25, 0.3) is 22.3 Å². The number of unbranched alkanes of at least 4 members (excludes halogenated alkanes) is 2. The molecule has 0 aliphatic carbocycles. The van der Waals surface area contributed by atoms with Gasteiger partial charge in [0.2, 0.25) is 22.8 Å². The molecule has 0 aliphatic rings. The molecule has 3 aromatic rings. The summed E-state index contributed by atoms with van der Waals surface area (Å²) < 4.78 is 28.1. The van der Waals surface area contributed by atoms with Crippen molar-refractivity contribution >= 4 is 16.9 Å². The van der Waals surface area contributed by atoms with E-state index in [0.29, 0.717) is 36.3 Å². The zero-order valence-electron chi connectivity index (χ0n) is 22.1. The third-order valence-electron chi connectivity index (χ3n) is 6.12. The second-order valence-electron chi connectivity index (χ2n) is 8.63. The lowest BCUT2D eigenvalue weighted by atomic mass is 10.1. The van der Waals surface area contributed by atoms with Crippen LogP contribution in [0.15, 0.2) is 39.5 Å². The molecule has 9 heteroatoms. The summed E-state index contributed by atoms with van der Waals surface area (Å²) in [7, 11) is 6.27. The minimum Gasteiger partial charge on any atom is -0.502 e. The van der Waals surface area contributed by atoms with Gasteiger partial charge in [0.25, 0.3) is 0 Å². The minimum absolute atomic E-state index is 0.0108. The highest BCUT2D eigenvalue weighted by Gasteiger charge is 2.24. The Morgan fingerprint density at radius 1 is 1.00 bits per heavy atom. The molecule has 2 aromatic carbocycles. The molecule has 0 saturated carbocycles. The molecule has 0 unspecified atom stereocenters. The fourth-order valence-electron chi connectivity index (χ4n) is 3.95. The number of nitrogens with zero attached hydrogens (tertiary/aromatic N) is 1. The van der Waals surface area contributed by atoms with E-state index in [0.717, 1.165) is 19.4 Å². The largest absolute Gasteiger partial charge is 0.502 e. The van der Waals surface area contributed by atoms with E-state index in [4.69, 9.17) is 23.4 Å². The van der Waals surface area contributed by atoms with Crippen molar-refractivity contribution in [2.24, 2.45) is 0 Å². The molecule has 0 bridgehead atoms. The first kappa shape index (κ1) is 27.7. The van der Waals surface area contributed by atoms with Crippen LogP contribution >= 0.6 is 0 Å². The van der Waals surface area contributed by atoms with Gasteiger partial charge in [-0.2, -0.15) is 0 Å². The van der Waals surface area contributed by atoms with Crippen LogP contribution in [-0.4, -0.2) is 57.4 Å². The van der Waals surface area contributed by atoms with E-state index in [1.54, 1.807) is 36.3 Å². The lowest BCUT2D eigenvalue weighted by molar-refractivity contribution is -0.130. The molecular weight excluding hydrogens is 478 g/mol. The number of amides is 1. The van der Waals surface area contributed by atoms with Crippen molar-refractivity contribution in [2.75, 3.05) is 41.5 Å². The molecule has 1 amide bonds. The van der Waals surface area contributed by atoms with Crippen LogP contribution in [-0.2, 0) is 4.79 Å². The number of benzene rings is 2. The summed E-state index contributed by atoms with van der Waals surface area (Å²) in [6.07, 6.45) is 3.68. The molecule has 0 fully saturated rings. The predicted octanol–water partition coefficient (Wildman–Crippen LogP) is 5.00. The maximum Gasteiger partial charge on any atom is 0.238 e. The Morgan fingerprint density at radius 3 is 2.35 bits per heavy atom. The van der Waals surface area contributed by atoms with E-state index < -0.39 is 11.2 Å². The Hall–Kier alpha value is -3.88. The second kappa shape index (κ2) is 12.9. The standard InChI is InChI=1S/C28H35NO8/c1-6-7-15-29(2)22(30)10-8-9-16-36-20-17-21(34-4)27(35-5)28-23(20)24(31)25(32)26(37-28)18-11-13-19(33-3)14-12-18/h11-14,17,32H,6-10,15-16H2,1-5H3. The van der Waals surface area contributed by atoms with E-state index in [-0.39, 0.29) is 40.7 Å². The van der Waals surface area contributed by atoms with Gasteiger partial charge in [-0.15, -0.1) is 0 Å². The van der Waals surface area contributed by atoms with E-state index in [1.165, 1.54) is 20.3 Å². The fourth-order valence-corrected chi connectivity index (χ4v) is 3.95. The predicted molar refractivity (Wildman–Crippen MR) is 141 cm³/mol. The Morgan fingerprint density at radius 2 is 1.73 bits per heavy atom. The van der Waals surface area contributed by atoms with Gasteiger partial charge in [0.1, 0.15) is 16.9 Å². The highest BCUT2D eigenvalue weighted by molar-refractivity contribution is 5.93. The number of hydrogen-bond donors (Lipinski definition) is 1. The second-order valence-corrected chi connectivity index (χ2v) is 8.63. The maximum atomic E-state index is 13.3. The van der Waals surface area contributed by atoms with Gasteiger partial charge in [0.05, 0.1) is 27.9 Å². The number of carbonyl (C=O) groups excluding carboxylic acids is 1. The highest BCUT2D eigenvalue weighted by atomic mass is 16.5. The zero-order chi connectivity index (χ0) is 26.9. The number of rotatable bonds is 13. The van der Waals surface area contributed by atoms with Crippen LogP contribution in [0.3, 0.4) is 0 Å². The molecule has 1 N–H and O–H groups in total. The van der Waals surface area contributed by atoms with E-state index in [9.17, 15) is 14.7 Å². The summed E-state index contributed by atoms with van der Waals surface area (Å²) in [5.41, 5.74) is -0.0767. The molecule has 200 valence electrons. The van der Waals surface area contributed by atoms with Gasteiger partial charge >= 0.3 is 0 Å². The normalized spacial score (nSPS) is 10.8. The number of hydrogen-bond acceptors (Lipinski definition) is 8. The third kappa shape index (κ3) is 6.28. The monoisotopic (exact) mass is 513 g/mol. The van der Waals surface area contributed by atoms with Gasteiger partial charge in [-0.1, -0.05) is 13.3 Å². The Bertz CT molecular complexity index is 1270. The number of carbonyl (C=O) groups is 1. The summed E-state index contributed by atoms with van der Waals surface area (Å²) in [6.45, 7) is 3.10. The minimum atomic E-state index is -0.657. The molecule has 9 nitrogen and oxygen atoms in total. The zero-order valence-corrected chi connectivity index (χ0v) is 22.1. The van der Waals surface area contributed by atoms with Gasteiger partial charge in [0.15, 0.2) is 17.1 Å². The average molecular weight is 514 g/mol. The molecule has 1 aromatic heterocycles. The van der Waals surface area contributed by atoms with Gasteiger partial charge in [-0.25, -0.2) is 0 Å². The molecule has 3 rings (SSSR count). The molecule has 0 saturated heterocycles. The topological polar surface area (TPSA) is 108 Å². The van der Waals surface area contributed by atoms with Crippen molar-refractivity contribution in [3.63, 3.8) is 0 Å². The smallest absolute Gasteiger partial charge is 0.238 e. The highest BCUT2D eigenvalue weighted by Crippen LogP contribution is 2.43. The summed E-state index contributed by atoms with van der Waals surface area (Å²) >= 11 is 0. The average Bonchev–Trinajstić information content (AvgIpc) is 2.92. The number of aromatic hydroxyl groups is 1. The maximum absolute atomic E-state index is 13.3. The summed E-state index contributed by atoms with van der Waals surface area (Å²) in [5.74, 6) is 0.880. The molecule has 37 heavy (non-hydrogen) atoms. The summed E-state index contributed by atoms with van der Waals surface area (Å²) in [6, 6.07) is 8.28. The van der Waals surface area contributed by atoms with Gasteiger partial charge in [-0.05, 0) is 43.5 Å². The van der Waals surface area contributed by atoms with E-state index in [2.05, 4.69) is 6.92 Å². The van der Waals surface area contributed by atoms with Crippen LogP contribution < -0.4 is 24.4 Å². The molecule has 1 heterocycles. The van der Waals surface area contributed by atoms with Crippen LogP contribution in [0.4, 0.5) is 0 Å². The van der Waals surface area contributed by atoms with E-state index >= 15 is 0 Å². The fraction of sp³-hybridized carbons (Fsp3) is 0.429. The molecular formula is C28H35NO8. The lowest BCUT2D eigenvalue weighted by Gasteiger charge is -2.17. The first-order valence-corrected chi connectivity index (χ1v) is 12.3. The lowest BCUT2D eigenvalue weighted by Crippen LogP contribution is -2.27. The van der Waals surface area contributed by atoms with Crippen molar-refractivity contribution in [3.05, 3.63) is 40.6 Å². The third-order valence-corrected chi connectivity index (χ3v) is 6.12. The van der Waals surface area contributed by atoms with Gasteiger partial charge in [0, 0.05) is 31.6 Å². The van der Waals surface area contributed by atoms with Gasteiger partial charge < -0.3 is 33.4 Å². The number of fused-ring (bicyclic) bond motifs is 1.